The van der Waals surface area contributed by atoms with Crippen LogP contribution >= 0.6 is 0 Å². The molecule has 0 amide bonds. The van der Waals surface area contributed by atoms with Crippen LogP contribution in [0.5, 0.6) is 0 Å². The monoisotopic (exact) mass is 296 g/mol. The number of carbonyl (C=O) groups is 1. The van der Waals surface area contributed by atoms with Crippen LogP contribution in [0.1, 0.15) is 33.1 Å². The molecule has 1 aliphatic carbocycles. The summed E-state index contributed by atoms with van der Waals surface area (Å²) in [6.07, 6.45) is -2.32. The third-order valence-electron chi connectivity index (χ3n) is 3.62. The van der Waals surface area contributed by atoms with Crippen molar-refractivity contribution >= 4 is 5.97 Å². The lowest BCUT2D eigenvalue weighted by molar-refractivity contribution is -0.153. The zero-order valence-electron chi connectivity index (χ0n) is 12.2. The van der Waals surface area contributed by atoms with E-state index in [1.54, 1.807) is 20.9 Å². The number of ether oxygens (including phenoxy) is 1. The van der Waals surface area contributed by atoms with Crippen LogP contribution in [0.3, 0.4) is 0 Å². The van der Waals surface area contributed by atoms with Crippen LogP contribution in [0.15, 0.2) is 0 Å². The van der Waals surface area contributed by atoms with Crippen LogP contribution in [0.25, 0.3) is 0 Å². The van der Waals surface area contributed by atoms with E-state index in [0.29, 0.717) is 0 Å². The summed E-state index contributed by atoms with van der Waals surface area (Å²) in [7, 11) is 1.61. The summed E-state index contributed by atoms with van der Waals surface area (Å²) in [5, 5.41) is 2.86. The molecule has 1 fully saturated rings. The third kappa shape index (κ3) is 5.28. The molecule has 0 aromatic carbocycles. The number of likely N-dealkylation sites (N-methyl/N-ethyl adjacent to an activating group) is 1. The average molecular weight is 296 g/mol. The van der Waals surface area contributed by atoms with Crippen LogP contribution in [-0.2, 0) is 9.53 Å². The SMILES string of the molecule is CCOC(=O)C(C)(CCN(CC(F)(F)F)C1CC1)NC. The van der Waals surface area contributed by atoms with Gasteiger partial charge in [-0.3, -0.25) is 9.69 Å². The number of hydrogen-bond donors (Lipinski definition) is 1. The number of nitrogens with one attached hydrogen (secondary N) is 1. The first-order valence-electron chi connectivity index (χ1n) is 6.89. The lowest BCUT2D eigenvalue weighted by Crippen LogP contribution is -2.51. The Kier molecular flexibility index (Phi) is 5.82. The molecule has 0 aromatic rings. The quantitative estimate of drug-likeness (QED) is 0.695. The maximum Gasteiger partial charge on any atom is 0.401 e. The van der Waals surface area contributed by atoms with Gasteiger partial charge >= 0.3 is 12.1 Å². The Morgan fingerprint density at radius 2 is 2.00 bits per heavy atom. The van der Waals surface area contributed by atoms with Crippen LogP contribution in [0, 0.1) is 0 Å². The molecule has 7 heteroatoms. The van der Waals surface area contributed by atoms with Gasteiger partial charge in [0.05, 0.1) is 13.2 Å². The van der Waals surface area contributed by atoms with Crippen LogP contribution in [0.2, 0.25) is 0 Å². The molecular weight excluding hydrogens is 273 g/mol. The molecule has 1 aliphatic rings. The van der Waals surface area contributed by atoms with Crippen molar-refractivity contribution in [2.45, 2.75) is 50.9 Å². The summed E-state index contributed by atoms with van der Waals surface area (Å²) in [5.74, 6) is -0.426. The molecule has 1 N–H and O–H groups in total. The first kappa shape index (κ1) is 17.2. The predicted molar refractivity (Wildman–Crippen MR) is 69.4 cm³/mol. The van der Waals surface area contributed by atoms with Gasteiger partial charge in [0.1, 0.15) is 5.54 Å². The minimum atomic E-state index is -4.21. The Labute approximate surface area is 117 Å². The predicted octanol–water partition coefficient (Wildman–Crippen LogP) is 1.94. The van der Waals surface area contributed by atoms with E-state index in [9.17, 15) is 18.0 Å². The van der Waals surface area contributed by atoms with E-state index in [1.807, 2.05) is 0 Å². The smallest absolute Gasteiger partial charge is 0.401 e. The molecule has 1 saturated carbocycles. The Hall–Kier alpha value is -0.820. The van der Waals surface area contributed by atoms with E-state index in [-0.39, 0.29) is 25.6 Å². The summed E-state index contributed by atoms with van der Waals surface area (Å²) in [5.41, 5.74) is -0.950. The molecule has 0 heterocycles. The second-order valence-corrected chi connectivity index (χ2v) is 5.37. The van der Waals surface area contributed by atoms with Gasteiger partial charge < -0.3 is 10.1 Å². The zero-order chi connectivity index (χ0) is 15.4. The summed E-state index contributed by atoms with van der Waals surface area (Å²) in [4.78, 5) is 13.3. The minimum Gasteiger partial charge on any atom is -0.465 e. The van der Waals surface area contributed by atoms with Crippen molar-refractivity contribution in [3.05, 3.63) is 0 Å². The fraction of sp³-hybridized carbons (Fsp3) is 0.923. The maximum atomic E-state index is 12.5. The summed E-state index contributed by atoms with van der Waals surface area (Å²) < 4.78 is 42.5. The number of carbonyl (C=O) groups excluding carboxylic acids is 1. The fourth-order valence-corrected chi connectivity index (χ4v) is 2.05. The van der Waals surface area contributed by atoms with Crippen molar-refractivity contribution < 1.29 is 22.7 Å². The number of alkyl halides is 3. The Balaban J connectivity index is 2.58. The zero-order valence-corrected chi connectivity index (χ0v) is 12.2. The molecule has 1 atom stereocenters. The molecule has 20 heavy (non-hydrogen) atoms. The largest absolute Gasteiger partial charge is 0.465 e. The summed E-state index contributed by atoms with van der Waals surface area (Å²) >= 11 is 0. The molecule has 1 unspecified atom stereocenters. The van der Waals surface area contributed by atoms with Crippen molar-refractivity contribution in [3.8, 4) is 0 Å². The highest BCUT2D eigenvalue weighted by Crippen LogP contribution is 2.31. The highest BCUT2D eigenvalue weighted by Gasteiger charge is 2.40. The number of halogens is 3. The lowest BCUT2D eigenvalue weighted by atomic mass is 9.98. The van der Waals surface area contributed by atoms with Crippen molar-refractivity contribution in [2.24, 2.45) is 0 Å². The molecule has 1 rings (SSSR count). The molecule has 0 aliphatic heterocycles. The van der Waals surface area contributed by atoms with Gasteiger partial charge in [-0.15, -0.1) is 0 Å². The third-order valence-corrected chi connectivity index (χ3v) is 3.62. The molecular formula is C13H23F3N2O2. The molecule has 0 bridgehead atoms. The fourth-order valence-electron chi connectivity index (χ4n) is 2.05. The molecule has 0 spiro atoms. The Morgan fingerprint density at radius 3 is 2.40 bits per heavy atom. The first-order valence-corrected chi connectivity index (χ1v) is 6.89. The average Bonchev–Trinajstić information content (AvgIpc) is 3.17. The van der Waals surface area contributed by atoms with Gasteiger partial charge in [-0.25, -0.2) is 0 Å². The van der Waals surface area contributed by atoms with Gasteiger partial charge in [-0.2, -0.15) is 13.2 Å². The van der Waals surface area contributed by atoms with Gasteiger partial charge in [0.15, 0.2) is 0 Å². The summed E-state index contributed by atoms with van der Waals surface area (Å²) in [6.45, 7) is 2.92. The van der Waals surface area contributed by atoms with Crippen molar-refractivity contribution in [2.75, 3.05) is 26.7 Å². The van der Waals surface area contributed by atoms with E-state index in [4.69, 9.17) is 4.74 Å². The van der Waals surface area contributed by atoms with Gasteiger partial charge in [0, 0.05) is 12.6 Å². The number of esters is 1. The van der Waals surface area contributed by atoms with Gasteiger partial charge in [-0.1, -0.05) is 0 Å². The maximum absolute atomic E-state index is 12.5. The number of rotatable bonds is 8. The van der Waals surface area contributed by atoms with Gasteiger partial charge in [-0.05, 0) is 40.2 Å². The number of hydrogen-bond acceptors (Lipinski definition) is 4. The standard InChI is InChI=1S/C13H23F3N2O2/c1-4-20-11(19)12(2,17-3)7-8-18(10-5-6-10)9-13(14,15)16/h10,17H,4-9H2,1-3H3. The van der Waals surface area contributed by atoms with Crippen LogP contribution in [-0.4, -0.2) is 55.4 Å². The molecule has 0 aromatic heterocycles. The highest BCUT2D eigenvalue weighted by molar-refractivity contribution is 5.80. The van der Waals surface area contributed by atoms with Gasteiger partial charge in [0.2, 0.25) is 0 Å². The second kappa shape index (κ2) is 6.76. The van der Waals surface area contributed by atoms with Crippen LogP contribution < -0.4 is 5.32 Å². The first-order chi connectivity index (χ1) is 9.22. The molecule has 0 radical (unpaired) electrons. The minimum absolute atomic E-state index is 0.0000679. The lowest BCUT2D eigenvalue weighted by Gasteiger charge is -2.30. The summed E-state index contributed by atoms with van der Waals surface area (Å²) in [6, 6.07) is -0.0000679. The van der Waals surface area contributed by atoms with E-state index in [0.717, 1.165) is 12.8 Å². The van der Waals surface area contributed by atoms with E-state index >= 15 is 0 Å². The van der Waals surface area contributed by atoms with Gasteiger partial charge in [0.25, 0.3) is 0 Å². The Bertz CT molecular complexity index is 332. The van der Waals surface area contributed by atoms with Crippen molar-refractivity contribution in [1.82, 2.24) is 10.2 Å². The van der Waals surface area contributed by atoms with Crippen LogP contribution in [0.4, 0.5) is 13.2 Å². The van der Waals surface area contributed by atoms with E-state index in [1.165, 1.54) is 4.90 Å². The Morgan fingerprint density at radius 1 is 1.40 bits per heavy atom. The van der Waals surface area contributed by atoms with Crippen molar-refractivity contribution in [3.63, 3.8) is 0 Å². The highest BCUT2D eigenvalue weighted by atomic mass is 19.4. The molecule has 4 nitrogen and oxygen atoms in total. The second-order valence-electron chi connectivity index (χ2n) is 5.37. The topological polar surface area (TPSA) is 41.6 Å². The molecule has 0 saturated heterocycles. The van der Waals surface area contributed by atoms with E-state index < -0.39 is 24.2 Å². The molecule has 118 valence electrons. The van der Waals surface area contributed by atoms with E-state index in [2.05, 4.69) is 5.32 Å². The number of nitrogens with zero attached hydrogens (tertiary/aromatic N) is 1. The van der Waals surface area contributed by atoms with Crippen molar-refractivity contribution in [1.29, 1.82) is 0 Å². The normalized spacial score (nSPS) is 18.9.